The number of nitrogens with zero attached hydrogens (tertiary/aromatic N) is 4. The van der Waals surface area contributed by atoms with Crippen LogP contribution in [0.25, 0.3) is 11.2 Å². The summed E-state index contributed by atoms with van der Waals surface area (Å²) in [6, 6.07) is 4.84. The van der Waals surface area contributed by atoms with Crippen LogP contribution in [-0.4, -0.2) is 32.3 Å². The average Bonchev–Trinajstić information content (AvgIpc) is 2.93. The zero-order valence-electron chi connectivity index (χ0n) is 13.3. The second-order valence-electron chi connectivity index (χ2n) is 5.22. The molecule has 2 heterocycles. The van der Waals surface area contributed by atoms with E-state index >= 15 is 0 Å². The number of carbonyl (C=O) groups is 1. The maximum absolute atomic E-state index is 12.2. The van der Waals surface area contributed by atoms with E-state index in [1.165, 1.54) is 6.20 Å². The molecule has 3 aromatic rings. The van der Waals surface area contributed by atoms with Gasteiger partial charge in [-0.3, -0.25) is 0 Å². The fourth-order valence-electron chi connectivity index (χ4n) is 2.47. The van der Waals surface area contributed by atoms with Crippen LogP contribution >= 0.6 is 34.8 Å². The Kier molecular flexibility index (Phi) is 5.13. The lowest BCUT2D eigenvalue weighted by atomic mass is 10.1. The number of fused-ring (bicyclic) bond motifs is 1. The number of esters is 1. The molecule has 1 atom stereocenters. The third-order valence-electron chi connectivity index (χ3n) is 3.62. The summed E-state index contributed by atoms with van der Waals surface area (Å²) in [6.07, 6.45) is 1.36. The fraction of sp³-hybridized carbons (Fsp3) is 0.250. The van der Waals surface area contributed by atoms with Gasteiger partial charge in [0.1, 0.15) is 10.7 Å². The number of aromatic nitrogens is 4. The van der Waals surface area contributed by atoms with Gasteiger partial charge in [0.15, 0.2) is 11.3 Å². The minimum atomic E-state index is -0.572. The largest absolute Gasteiger partial charge is 0.461 e. The summed E-state index contributed by atoms with van der Waals surface area (Å²) in [5.74, 6) is -0.572. The van der Waals surface area contributed by atoms with Gasteiger partial charge in [-0.2, -0.15) is 5.10 Å². The van der Waals surface area contributed by atoms with Crippen LogP contribution in [0.2, 0.25) is 15.2 Å². The normalized spacial score (nSPS) is 12.4. The molecule has 2 aromatic heterocycles. The van der Waals surface area contributed by atoms with Gasteiger partial charge in [0.05, 0.1) is 18.8 Å². The first kappa shape index (κ1) is 17.9. The van der Waals surface area contributed by atoms with Crippen LogP contribution < -0.4 is 0 Å². The molecule has 0 saturated carbocycles. The summed E-state index contributed by atoms with van der Waals surface area (Å²) in [4.78, 5) is 20.6. The van der Waals surface area contributed by atoms with Crippen LogP contribution in [0.1, 0.15) is 35.9 Å². The van der Waals surface area contributed by atoms with E-state index in [0.29, 0.717) is 21.2 Å². The van der Waals surface area contributed by atoms with Crippen molar-refractivity contribution in [3.8, 4) is 0 Å². The van der Waals surface area contributed by atoms with Crippen LogP contribution in [0, 0.1) is 0 Å². The second-order valence-corrected chi connectivity index (χ2v) is 6.45. The SMILES string of the molecule is CCOC(=O)c1nn([C@@H](C)c2ccc(Cl)cc2Cl)c2nc(Cl)cnc12. The van der Waals surface area contributed by atoms with Crippen LogP contribution in [0.15, 0.2) is 24.4 Å². The molecule has 0 spiro atoms. The van der Waals surface area contributed by atoms with Crippen LogP contribution in [0.3, 0.4) is 0 Å². The highest BCUT2D eigenvalue weighted by molar-refractivity contribution is 6.35. The van der Waals surface area contributed by atoms with Crippen molar-refractivity contribution in [1.29, 1.82) is 0 Å². The lowest BCUT2D eigenvalue weighted by Gasteiger charge is -2.15. The van der Waals surface area contributed by atoms with Gasteiger partial charge in [0.25, 0.3) is 0 Å². The Morgan fingerprint density at radius 1 is 1.32 bits per heavy atom. The van der Waals surface area contributed by atoms with Crippen LogP contribution in [0.5, 0.6) is 0 Å². The zero-order valence-corrected chi connectivity index (χ0v) is 15.6. The number of hydrogen-bond acceptors (Lipinski definition) is 5. The molecule has 0 amide bonds. The van der Waals surface area contributed by atoms with Gasteiger partial charge < -0.3 is 4.74 Å². The third-order valence-corrected chi connectivity index (χ3v) is 4.37. The summed E-state index contributed by atoms with van der Waals surface area (Å²) in [7, 11) is 0. The highest BCUT2D eigenvalue weighted by Gasteiger charge is 2.24. The maximum Gasteiger partial charge on any atom is 0.361 e. The van der Waals surface area contributed by atoms with E-state index < -0.39 is 5.97 Å². The highest BCUT2D eigenvalue weighted by atomic mass is 35.5. The maximum atomic E-state index is 12.2. The highest BCUT2D eigenvalue weighted by Crippen LogP contribution is 2.30. The van der Waals surface area contributed by atoms with Gasteiger partial charge in [-0.1, -0.05) is 40.9 Å². The van der Waals surface area contributed by atoms with Crippen molar-refractivity contribution >= 4 is 51.9 Å². The molecule has 0 aliphatic heterocycles. The van der Waals surface area contributed by atoms with Gasteiger partial charge >= 0.3 is 5.97 Å². The molecule has 1 aromatic carbocycles. The molecule has 0 fully saturated rings. The molecule has 0 N–H and O–H groups in total. The summed E-state index contributed by atoms with van der Waals surface area (Å²) < 4.78 is 6.60. The smallest absolute Gasteiger partial charge is 0.361 e. The Hall–Kier alpha value is -1.89. The zero-order chi connectivity index (χ0) is 18.1. The molecule has 0 aliphatic carbocycles. The molecule has 0 bridgehead atoms. The molecule has 0 unspecified atom stereocenters. The van der Waals surface area contributed by atoms with E-state index in [9.17, 15) is 4.79 Å². The molecule has 0 saturated heterocycles. The first-order valence-corrected chi connectivity index (χ1v) is 8.58. The standard InChI is InChI=1S/C16H13Cl3N4O2/c1-3-25-16(24)14-13-15(21-12(19)7-20-13)23(22-14)8(2)10-5-4-9(17)6-11(10)18/h4-8H,3H2,1-2H3/t8-/m0/s1. The number of rotatable bonds is 4. The van der Waals surface area contributed by atoms with Crippen LogP contribution in [0.4, 0.5) is 0 Å². The quantitative estimate of drug-likeness (QED) is 0.601. The predicted octanol–water partition coefficient (Wildman–Crippen LogP) is 4.57. The predicted molar refractivity (Wildman–Crippen MR) is 96.6 cm³/mol. The monoisotopic (exact) mass is 398 g/mol. The molecule has 6 nitrogen and oxygen atoms in total. The van der Waals surface area contributed by atoms with Gasteiger partial charge in [-0.15, -0.1) is 0 Å². The molecule has 0 radical (unpaired) electrons. The third kappa shape index (κ3) is 3.42. The lowest BCUT2D eigenvalue weighted by Crippen LogP contribution is -2.12. The van der Waals surface area contributed by atoms with E-state index in [2.05, 4.69) is 15.1 Å². The van der Waals surface area contributed by atoms with Gasteiger partial charge in [-0.25, -0.2) is 19.4 Å². The van der Waals surface area contributed by atoms with E-state index in [1.807, 2.05) is 6.92 Å². The Morgan fingerprint density at radius 3 is 2.76 bits per heavy atom. The van der Waals surface area contributed by atoms with Crippen molar-refractivity contribution in [3.05, 3.63) is 50.9 Å². The van der Waals surface area contributed by atoms with Gasteiger partial charge in [-0.05, 0) is 31.5 Å². The molecule has 0 aliphatic rings. The average molecular weight is 400 g/mol. The van der Waals surface area contributed by atoms with Crippen molar-refractivity contribution in [3.63, 3.8) is 0 Å². The summed E-state index contributed by atoms with van der Waals surface area (Å²) in [5.41, 5.74) is 1.54. The molecule has 25 heavy (non-hydrogen) atoms. The summed E-state index contributed by atoms with van der Waals surface area (Å²) in [5, 5.41) is 5.56. The molecule has 9 heteroatoms. The van der Waals surface area contributed by atoms with Gasteiger partial charge in [0.2, 0.25) is 0 Å². The Bertz CT molecular complexity index is 958. The number of benzene rings is 1. The van der Waals surface area contributed by atoms with Crippen molar-refractivity contribution in [1.82, 2.24) is 19.7 Å². The van der Waals surface area contributed by atoms with Gasteiger partial charge in [0, 0.05) is 10.0 Å². The first-order chi connectivity index (χ1) is 11.9. The summed E-state index contributed by atoms with van der Waals surface area (Å²) >= 11 is 18.2. The Labute approximate surface area is 158 Å². The Balaban J connectivity index is 2.17. The fourth-order valence-corrected chi connectivity index (χ4v) is 3.16. The number of ether oxygens (including phenoxy) is 1. The summed E-state index contributed by atoms with van der Waals surface area (Å²) in [6.45, 7) is 3.82. The number of hydrogen-bond donors (Lipinski definition) is 0. The molecule has 3 rings (SSSR count). The van der Waals surface area contributed by atoms with E-state index in [-0.39, 0.29) is 23.5 Å². The Morgan fingerprint density at radius 2 is 2.08 bits per heavy atom. The number of carbonyl (C=O) groups excluding carboxylic acids is 1. The van der Waals surface area contributed by atoms with E-state index in [4.69, 9.17) is 39.5 Å². The minimum Gasteiger partial charge on any atom is -0.461 e. The number of halogens is 3. The second kappa shape index (κ2) is 7.15. The van der Waals surface area contributed by atoms with Crippen LogP contribution in [-0.2, 0) is 4.74 Å². The topological polar surface area (TPSA) is 69.9 Å². The van der Waals surface area contributed by atoms with Crippen molar-refractivity contribution in [2.75, 3.05) is 6.61 Å². The lowest BCUT2D eigenvalue weighted by molar-refractivity contribution is 0.0520. The molecule has 130 valence electrons. The molecular formula is C16H13Cl3N4O2. The first-order valence-electron chi connectivity index (χ1n) is 7.45. The minimum absolute atomic E-state index is 0.0814. The van der Waals surface area contributed by atoms with Crippen molar-refractivity contribution in [2.45, 2.75) is 19.9 Å². The molecular weight excluding hydrogens is 387 g/mol. The van der Waals surface area contributed by atoms with Crippen molar-refractivity contribution < 1.29 is 9.53 Å². The van der Waals surface area contributed by atoms with Crippen molar-refractivity contribution in [2.24, 2.45) is 0 Å². The van der Waals surface area contributed by atoms with E-state index in [1.54, 1.807) is 29.8 Å². The van der Waals surface area contributed by atoms with E-state index in [0.717, 1.165) is 5.56 Å².